The molecule has 3 rings (SSSR count). The number of pyridine rings is 1. The second-order valence-electron chi connectivity index (χ2n) is 6.07. The first-order valence-electron chi connectivity index (χ1n) is 8.36. The summed E-state index contributed by atoms with van der Waals surface area (Å²) in [6.07, 6.45) is 4.60. The lowest BCUT2D eigenvalue weighted by Crippen LogP contribution is -2.38. The Labute approximate surface area is 146 Å². The number of piperidine rings is 1. The Morgan fingerprint density at radius 3 is 2.92 bits per heavy atom. The number of carbonyl (C=O) groups excluding carboxylic acids is 1. The first-order chi connectivity index (χ1) is 11.7. The maximum atomic E-state index is 12.4. The molecule has 0 bridgehead atoms. The van der Waals surface area contributed by atoms with Crippen molar-refractivity contribution in [3.05, 3.63) is 24.2 Å². The van der Waals surface area contributed by atoms with E-state index in [0.717, 1.165) is 42.4 Å². The molecule has 0 radical (unpaired) electrons. The summed E-state index contributed by atoms with van der Waals surface area (Å²) in [6, 6.07) is 3.75. The van der Waals surface area contributed by atoms with Crippen LogP contribution in [0.5, 0.6) is 0 Å². The SMILES string of the molecule is CCc1nc(-c2cccnc2SCC(=O)N2CCC(C)CC2)no1. The second-order valence-corrected chi connectivity index (χ2v) is 7.04. The van der Waals surface area contributed by atoms with Gasteiger partial charge in [0, 0.05) is 25.7 Å². The lowest BCUT2D eigenvalue weighted by Gasteiger charge is -2.30. The molecule has 0 saturated carbocycles. The third-order valence-electron chi connectivity index (χ3n) is 4.25. The van der Waals surface area contributed by atoms with Gasteiger partial charge in [-0.15, -0.1) is 0 Å². The van der Waals surface area contributed by atoms with Crippen LogP contribution in [0.4, 0.5) is 0 Å². The highest BCUT2D eigenvalue weighted by molar-refractivity contribution is 8.00. The number of thioether (sulfide) groups is 1. The second kappa shape index (κ2) is 7.79. The number of rotatable bonds is 5. The summed E-state index contributed by atoms with van der Waals surface area (Å²) in [4.78, 5) is 23.1. The van der Waals surface area contributed by atoms with Gasteiger partial charge in [0.15, 0.2) is 0 Å². The lowest BCUT2D eigenvalue weighted by molar-refractivity contribution is -0.129. The van der Waals surface area contributed by atoms with Crippen molar-refractivity contribution in [3.63, 3.8) is 0 Å². The van der Waals surface area contributed by atoms with E-state index in [1.165, 1.54) is 11.8 Å². The zero-order valence-corrected chi connectivity index (χ0v) is 14.9. The van der Waals surface area contributed by atoms with E-state index < -0.39 is 0 Å². The standard InChI is InChI=1S/C17H22N4O2S/c1-3-14-19-16(20-23-14)13-5-4-8-18-17(13)24-11-15(22)21-9-6-12(2)7-10-21/h4-5,8,12H,3,6-7,9-11H2,1-2H3. The van der Waals surface area contributed by atoms with Crippen LogP contribution >= 0.6 is 11.8 Å². The Bertz CT molecular complexity index is 695. The van der Waals surface area contributed by atoms with Gasteiger partial charge in [0.25, 0.3) is 0 Å². The molecule has 1 aliphatic rings. The van der Waals surface area contributed by atoms with E-state index >= 15 is 0 Å². The summed E-state index contributed by atoms with van der Waals surface area (Å²) in [5, 5.41) is 4.77. The zero-order valence-electron chi connectivity index (χ0n) is 14.1. The Kier molecular flexibility index (Phi) is 5.50. The Hall–Kier alpha value is -1.89. The summed E-state index contributed by atoms with van der Waals surface area (Å²) < 4.78 is 5.18. The quantitative estimate of drug-likeness (QED) is 0.775. The maximum Gasteiger partial charge on any atom is 0.232 e. The van der Waals surface area contributed by atoms with E-state index in [1.54, 1.807) is 6.20 Å². The molecule has 0 unspecified atom stereocenters. The fourth-order valence-corrected chi connectivity index (χ4v) is 3.56. The van der Waals surface area contributed by atoms with Crippen LogP contribution in [0, 0.1) is 5.92 Å². The molecular weight excluding hydrogens is 324 g/mol. The average Bonchev–Trinajstić information content (AvgIpc) is 3.09. The van der Waals surface area contributed by atoms with Crippen LogP contribution in [-0.4, -0.2) is 44.8 Å². The van der Waals surface area contributed by atoms with Gasteiger partial charge in [-0.2, -0.15) is 4.98 Å². The number of likely N-dealkylation sites (tertiary alicyclic amines) is 1. The summed E-state index contributed by atoms with van der Waals surface area (Å²) >= 11 is 1.44. The lowest BCUT2D eigenvalue weighted by atomic mass is 9.99. The van der Waals surface area contributed by atoms with Crippen molar-refractivity contribution in [2.45, 2.75) is 38.1 Å². The van der Waals surface area contributed by atoms with Crippen molar-refractivity contribution < 1.29 is 9.32 Å². The summed E-state index contributed by atoms with van der Waals surface area (Å²) in [6.45, 7) is 5.93. The van der Waals surface area contributed by atoms with Crippen LogP contribution in [-0.2, 0) is 11.2 Å². The van der Waals surface area contributed by atoms with Gasteiger partial charge in [-0.1, -0.05) is 30.8 Å². The van der Waals surface area contributed by atoms with E-state index in [4.69, 9.17) is 4.52 Å². The number of amides is 1. The highest BCUT2D eigenvalue weighted by atomic mass is 32.2. The third kappa shape index (κ3) is 3.95. The molecule has 1 saturated heterocycles. The molecule has 7 heteroatoms. The van der Waals surface area contributed by atoms with Gasteiger partial charge in [-0.05, 0) is 30.9 Å². The monoisotopic (exact) mass is 346 g/mol. The van der Waals surface area contributed by atoms with Crippen molar-refractivity contribution in [2.24, 2.45) is 5.92 Å². The number of hydrogen-bond donors (Lipinski definition) is 0. The summed E-state index contributed by atoms with van der Waals surface area (Å²) in [7, 11) is 0. The molecule has 0 atom stereocenters. The molecule has 6 nitrogen and oxygen atoms in total. The zero-order chi connectivity index (χ0) is 16.9. The van der Waals surface area contributed by atoms with E-state index in [-0.39, 0.29) is 5.91 Å². The number of aromatic nitrogens is 3. The minimum Gasteiger partial charge on any atom is -0.342 e. The molecular formula is C17H22N4O2S. The van der Waals surface area contributed by atoms with Gasteiger partial charge in [0.1, 0.15) is 5.03 Å². The normalized spacial score (nSPS) is 15.7. The molecule has 24 heavy (non-hydrogen) atoms. The van der Waals surface area contributed by atoms with Crippen LogP contribution in [0.1, 0.15) is 32.6 Å². The highest BCUT2D eigenvalue weighted by Gasteiger charge is 2.21. The molecule has 2 aromatic rings. The minimum absolute atomic E-state index is 0.172. The van der Waals surface area contributed by atoms with Crippen molar-refractivity contribution in [3.8, 4) is 11.4 Å². The van der Waals surface area contributed by atoms with E-state index in [0.29, 0.717) is 23.9 Å². The largest absolute Gasteiger partial charge is 0.342 e. The molecule has 0 aromatic carbocycles. The van der Waals surface area contributed by atoms with Gasteiger partial charge in [0.2, 0.25) is 17.6 Å². The fourth-order valence-electron chi connectivity index (χ4n) is 2.66. The number of hydrogen-bond acceptors (Lipinski definition) is 6. The predicted molar refractivity (Wildman–Crippen MR) is 92.6 cm³/mol. The van der Waals surface area contributed by atoms with Gasteiger partial charge < -0.3 is 9.42 Å². The van der Waals surface area contributed by atoms with E-state index in [2.05, 4.69) is 22.0 Å². The number of aryl methyl sites for hydroxylation is 1. The van der Waals surface area contributed by atoms with E-state index in [1.807, 2.05) is 24.0 Å². The molecule has 3 heterocycles. The highest BCUT2D eigenvalue weighted by Crippen LogP contribution is 2.28. The Morgan fingerprint density at radius 2 is 2.21 bits per heavy atom. The molecule has 1 aliphatic heterocycles. The van der Waals surface area contributed by atoms with Crippen molar-refractivity contribution in [1.29, 1.82) is 0 Å². The molecule has 0 aliphatic carbocycles. The number of carbonyl (C=O) groups is 1. The fraction of sp³-hybridized carbons (Fsp3) is 0.529. The van der Waals surface area contributed by atoms with Crippen LogP contribution in [0.15, 0.2) is 27.9 Å². The van der Waals surface area contributed by atoms with Gasteiger partial charge in [-0.25, -0.2) is 4.98 Å². The molecule has 1 fully saturated rings. The van der Waals surface area contributed by atoms with Crippen LogP contribution in [0.25, 0.3) is 11.4 Å². The Morgan fingerprint density at radius 1 is 1.42 bits per heavy atom. The van der Waals surface area contributed by atoms with Crippen molar-refractivity contribution >= 4 is 17.7 Å². The molecule has 2 aromatic heterocycles. The number of nitrogens with zero attached hydrogens (tertiary/aromatic N) is 4. The average molecular weight is 346 g/mol. The van der Waals surface area contributed by atoms with Gasteiger partial charge in [0.05, 0.1) is 11.3 Å². The summed E-state index contributed by atoms with van der Waals surface area (Å²) in [5.41, 5.74) is 0.811. The van der Waals surface area contributed by atoms with Crippen molar-refractivity contribution in [2.75, 3.05) is 18.8 Å². The topological polar surface area (TPSA) is 72.1 Å². The first kappa shape index (κ1) is 17.0. The van der Waals surface area contributed by atoms with Crippen LogP contribution < -0.4 is 0 Å². The molecule has 0 spiro atoms. The maximum absolute atomic E-state index is 12.4. The summed E-state index contributed by atoms with van der Waals surface area (Å²) in [5.74, 6) is 2.41. The molecule has 1 amide bonds. The third-order valence-corrected chi connectivity index (χ3v) is 5.24. The molecule has 128 valence electrons. The smallest absolute Gasteiger partial charge is 0.232 e. The van der Waals surface area contributed by atoms with Gasteiger partial charge >= 0.3 is 0 Å². The Balaban J connectivity index is 1.66. The van der Waals surface area contributed by atoms with Crippen LogP contribution in [0.3, 0.4) is 0 Å². The molecule has 0 N–H and O–H groups in total. The van der Waals surface area contributed by atoms with Crippen LogP contribution in [0.2, 0.25) is 0 Å². The van der Waals surface area contributed by atoms with E-state index in [9.17, 15) is 4.79 Å². The predicted octanol–water partition coefficient (Wildman–Crippen LogP) is 3.04. The van der Waals surface area contributed by atoms with Gasteiger partial charge in [-0.3, -0.25) is 4.79 Å². The minimum atomic E-state index is 0.172. The van der Waals surface area contributed by atoms with Crippen molar-refractivity contribution in [1.82, 2.24) is 20.0 Å². The first-order valence-corrected chi connectivity index (χ1v) is 9.34.